The Balaban J connectivity index is 2.02. The molecule has 0 unspecified atom stereocenters. The van der Waals surface area contributed by atoms with Crippen molar-refractivity contribution in [3.05, 3.63) is 42.8 Å². The van der Waals surface area contributed by atoms with Gasteiger partial charge in [-0.25, -0.2) is 4.39 Å². The second kappa shape index (κ2) is 5.15. The van der Waals surface area contributed by atoms with Gasteiger partial charge in [0.2, 0.25) is 0 Å². The molecule has 0 aliphatic carbocycles. The van der Waals surface area contributed by atoms with Crippen LogP contribution in [0.1, 0.15) is 31.4 Å². The van der Waals surface area contributed by atoms with E-state index in [2.05, 4.69) is 6.92 Å². The summed E-state index contributed by atoms with van der Waals surface area (Å²) in [5, 5.41) is 0.854. The first-order valence-electron chi connectivity index (χ1n) is 5.77. The monoisotopic (exact) mass is 219 g/mol. The van der Waals surface area contributed by atoms with Crippen LogP contribution >= 0.6 is 0 Å². The minimum Gasteiger partial charge on any atom is -0.461 e. The van der Waals surface area contributed by atoms with Crippen molar-refractivity contribution in [2.24, 2.45) is 0 Å². The van der Waals surface area contributed by atoms with Crippen molar-refractivity contribution in [1.29, 1.82) is 0 Å². The van der Waals surface area contributed by atoms with E-state index in [-0.39, 0.29) is 5.82 Å². The molecule has 0 bridgehead atoms. The third-order valence-electron chi connectivity index (χ3n) is 2.70. The van der Waals surface area contributed by atoms with Gasteiger partial charge < -0.3 is 4.42 Å². The first kappa shape index (κ1) is 11.2. The molecular weight excluding hydrogens is 203 g/mol. The van der Waals surface area contributed by atoms with Gasteiger partial charge >= 0.3 is 0 Å². The summed E-state index contributed by atoms with van der Waals surface area (Å²) in [7, 11) is 0. The first-order chi connectivity index (χ1) is 7.79. The quantitative estimate of drug-likeness (QED) is 0.674. The molecule has 0 fully saturated rings. The van der Waals surface area contributed by atoms with Gasteiger partial charge in [-0.15, -0.1) is 0 Å². The van der Waals surface area contributed by atoms with Gasteiger partial charge in [-0.3, -0.25) is 0 Å². The van der Waals surface area contributed by atoms with Crippen LogP contribution in [0.3, 0.4) is 0 Å². The molecule has 0 spiro atoms. The molecule has 0 saturated carbocycles. The van der Waals surface area contributed by atoms with Gasteiger partial charge in [0.15, 0.2) is 0 Å². The third kappa shape index (κ3) is 2.63. The van der Waals surface area contributed by atoms with E-state index in [1.54, 1.807) is 6.07 Å². The highest BCUT2D eigenvalue weighted by molar-refractivity contribution is 5.77. The van der Waals surface area contributed by atoms with E-state index in [1.807, 2.05) is 6.07 Å². The highest BCUT2D eigenvalue weighted by Crippen LogP contribution is 2.21. The smallest absolute Gasteiger partial charge is 0.134 e. The molecule has 1 heterocycles. The second-order valence-corrected chi connectivity index (χ2v) is 4.06. The second-order valence-electron chi connectivity index (χ2n) is 4.06. The number of hydrogen-bond donors (Lipinski definition) is 0. The van der Waals surface area contributed by atoms with Crippen LogP contribution < -0.4 is 0 Å². The number of unbranched alkanes of at least 4 members (excludes halogenated alkanes) is 3. The predicted molar refractivity (Wildman–Crippen MR) is 63.7 cm³/mol. The summed E-state index contributed by atoms with van der Waals surface area (Å²) in [4.78, 5) is 0. The lowest BCUT2D eigenvalue weighted by molar-refractivity contribution is 0.528. The van der Waals surface area contributed by atoms with Crippen molar-refractivity contribution in [2.45, 2.75) is 32.1 Å². The van der Waals surface area contributed by atoms with E-state index in [4.69, 9.17) is 4.42 Å². The molecule has 1 aromatic carbocycles. The van der Waals surface area contributed by atoms with Gasteiger partial charge in [-0.1, -0.05) is 26.2 Å². The van der Waals surface area contributed by atoms with Crippen LogP contribution in [-0.4, -0.2) is 0 Å². The maximum atomic E-state index is 12.9. The summed E-state index contributed by atoms with van der Waals surface area (Å²) >= 11 is 0. The molecule has 2 heteroatoms. The maximum absolute atomic E-state index is 12.9. The fourth-order valence-electron chi connectivity index (χ4n) is 1.85. The summed E-state index contributed by atoms with van der Waals surface area (Å²) in [6, 6.07) is 6.56. The van der Waals surface area contributed by atoms with Gasteiger partial charge in [-0.05, 0) is 30.7 Å². The first-order valence-corrected chi connectivity index (χ1v) is 5.77. The van der Waals surface area contributed by atoms with Crippen molar-refractivity contribution in [3.8, 4) is 0 Å². The Kier molecular flexibility index (Phi) is 3.60. The Hall–Kier alpha value is -1.31. The van der Waals surface area contributed by atoms with E-state index in [0.717, 1.165) is 42.4 Å². The number of benzene rings is 1. The molecule has 1 nitrogen and oxygen atoms in total. The van der Waals surface area contributed by atoms with E-state index in [9.17, 15) is 4.39 Å². The standard InChI is InChI=1S/C14H16FO/c1-2-3-4-5-6-13-10-11-9-12(15)7-8-14(11)16-13/h7-10H,1-6H2. The maximum Gasteiger partial charge on any atom is 0.134 e. The summed E-state index contributed by atoms with van der Waals surface area (Å²) in [6.45, 7) is 3.81. The lowest BCUT2D eigenvalue weighted by atomic mass is 10.1. The fourth-order valence-corrected chi connectivity index (χ4v) is 1.85. The summed E-state index contributed by atoms with van der Waals surface area (Å²) in [6.07, 6.45) is 5.36. The Labute approximate surface area is 95.3 Å². The predicted octanol–water partition coefficient (Wildman–Crippen LogP) is 4.51. The molecular formula is C14H16FO. The number of furan rings is 1. The number of rotatable bonds is 5. The molecule has 0 atom stereocenters. The zero-order chi connectivity index (χ0) is 11.4. The molecule has 0 N–H and O–H groups in total. The minimum atomic E-state index is -0.211. The Morgan fingerprint density at radius 2 is 2.00 bits per heavy atom. The van der Waals surface area contributed by atoms with Gasteiger partial charge in [0.25, 0.3) is 0 Å². The Bertz CT molecular complexity index is 459. The molecule has 16 heavy (non-hydrogen) atoms. The molecule has 2 rings (SSSR count). The molecule has 2 aromatic rings. The van der Waals surface area contributed by atoms with Gasteiger partial charge in [0.1, 0.15) is 17.2 Å². The van der Waals surface area contributed by atoms with Crippen LogP contribution in [0.25, 0.3) is 11.0 Å². The third-order valence-corrected chi connectivity index (χ3v) is 2.70. The highest BCUT2D eigenvalue weighted by Gasteiger charge is 2.04. The summed E-state index contributed by atoms with van der Waals surface area (Å²) < 4.78 is 18.6. The number of hydrogen-bond acceptors (Lipinski definition) is 1. The van der Waals surface area contributed by atoms with E-state index in [0.29, 0.717) is 0 Å². The van der Waals surface area contributed by atoms with Gasteiger partial charge in [-0.2, -0.15) is 0 Å². The highest BCUT2D eigenvalue weighted by atomic mass is 19.1. The minimum absolute atomic E-state index is 0.211. The zero-order valence-electron chi connectivity index (χ0n) is 9.34. The SMILES string of the molecule is [CH2]CCCCCc1cc2cc(F)ccc2o1. The molecule has 85 valence electrons. The van der Waals surface area contributed by atoms with Crippen molar-refractivity contribution in [1.82, 2.24) is 0 Å². The van der Waals surface area contributed by atoms with E-state index < -0.39 is 0 Å². The van der Waals surface area contributed by atoms with Crippen LogP contribution in [0.5, 0.6) is 0 Å². The number of halogens is 1. The zero-order valence-corrected chi connectivity index (χ0v) is 9.34. The molecule has 0 amide bonds. The molecule has 1 aromatic heterocycles. The number of aryl methyl sites for hydroxylation is 1. The van der Waals surface area contributed by atoms with Crippen LogP contribution in [-0.2, 0) is 6.42 Å². The average molecular weight is 219 g/mol. The fraction of sp³-hybridized carbons (Fsp3) is 0.357. The molecule has 0 aliphatic rings. The Morgan fingerprint density at radius 1 is 1.12 bits per heavy atom. The molecule has 0 saturated heterocycles. The van der Waals surface area contributed by atoms with Crippen molar-refractivity contribution < 1.29 is 8.81 Å². The largest absolute Gasteiger partial charge is 0.461 e. The van der Waals surface area contributed by atoms with Gasteiger partial charge in [0.05, 0.1) is 0 Å². The Morgan fingerprint density at radius 3 is 2.81 bits per heavy atom. The van der Waals surface area contributed by atoms with E-state index in [1.165, 1.54) is 18.6 Å². The topological polar surface area (TPSA) is 13.1 Å². The normalized spacial score (nSPS) is 11.1. The summed E-state index contributed by atoms with van der Waals surface area (Å²) in [5.74, 6) is 0.738. The number of fused-ring (bicyclic) bond motifs is 1. The van der Waals surface area contributed by atoms with Gasteiger partial charge in [0, 0.05) is 11.8 Å². The lowest BCUT2D eigenvalue weighted by Crippen LogP contribution is -1.81. The van der Waals surface area contributed by atoms with Crippen molar-refractivity contribution >= 4 is 11.0 Å². The van der Waals surface area contributed by atoms with Crippen LogP contribution in [0.4, 0.5) is 4.39 Å². The van der Waals surface area contributed by atoms with Crippen molar-refractivity contribution in [2.75, 3.05) is 0 Å². The lowest BCUT2D eigenvalue weighted by Gasteiger charge is -1.95. The molecule has 1 radical (unpaired) electrons. The van der Waals surface area contributed by atoms with Crippen LogP contribution in [0.15, 0.2) is 28.7 Å². The van der Waals surface area contributed by atoms with Crippen LogP contribution in [0, 0.1) is 12.7 Å². The van der Waals surface area contributed by atoms with Crippen LogP contribution in [0.2, 0.25) is 0 Å². The average Bonchev–Trinajstić information content (AvgIpc) is 2.66. The van der Waals surface area contributed by atoms with E-state index >= 15 is 0 Å². The molecule has 0 aliphatic heterocycles. The summed E-state index contributed by atoms with van der Waals surface area (Å²) in [5.41, 5.74) is 0.772. The van der Waals surface area contributed by atoms with Crippen molar-refractivity contribution in [3.63, 3.8) is 0 Å².